The highest BCUT2D eigenvalue weighted by Crippen LogP contribution is 2.39. The summed E-state index contributed by atoms with van der Waals surface area (Å²) in [7, 11) is 0. The Bertz CT molecular complexity index is 688. The predicted octanol–water partition coefficient (Wildman–Crippen LogP) is 5.32. The van der Waals surface area contributed by atoms with Gasteiger partial charge in [-0.25, -0.2) is 4.39 Å². The summed E-state index contributed by atoms with van der Waals surface area (Å²) in [6.45, 7) is 6.36. The van der Waals surface area contributed by atoms with Crippen LogP contribution in [-0.4, -0.2) is 0 Å². The van der Waals surface area contributed by atoms with E-state index in [1.54, 1.807) is 12.1 Å². The Kier molecular flexibility index (Phi) is 3.51. The molecule has 2 aromatic rings. The minimum atomic E-state index is -0.180. The molecule has 2 heteroatoms. The summed E-state index contributed by atoms with van der Waals surface area (Å²) in [5, 5.41) is 0. The SMILES string of the molecule is C=C1c2ccc(C)cc2CC1Cc1cc(F)ccc1Br. The molecule has 0 saturated heterocycles. The molecule has 3 rings (SSSR count). The first kappa shape index (κ1) is 13.6. The molecule has 0 aromatic heterocycles. The Morgan fingerprint density at radius 3 is 2.85 bits per heavy atom. The van der Waals surface area contributed by atoms with Gasteiger partial charge < -0.3 is 0 Å². The van der Waals surface area contributed by atoms with Crippen LogP contribution >= 0.6 is 15.9 Å². The Balaban J connectivity index is 1.87. The first-order valence-electron chi connectivity index (χ1n) is 6.77. The van der Waals surface area contributed by atoms with Gasteiger partial charge in [-0.1, -0.05) is 46.3 Å². The largest absolute Gasteiger partial charge is 0.207 e. The van der Waals surface area contributed by atoms with Gasteiger partial charge in [0, 0.05) is 4.47 Å². The topological polar surface area (TPSA) is 0 Å². The van der Waals surface area contributed by atoms with Gasteiger partial charge in [0.25, 0.3) is 0 Å². The van der Waals surface area contributed by atoms with Gasteiger partial charge in [0.15, 0.2) is 0 Å². The lowest BCUT2D eigenvalue weighted by Crippen LogP contribution is -2.04. The van der Waals surface area contributed by atoms with Crippen LogP contribution < -0.4 is 0 Å². The summed E-state index contributed by atoms with van der Waals surface area (Å²) in [5.41, 5.74) is 6.11. The van der Waals surface area contributed by atoms with Gasteiger partial charge in [-0.15, -0.1) is 0 Å². The minimum Gasteiger partial charge on any atom is -0.207 e. The maximum Gasteiger partial charge on any atom is 0.123 e. The van der Waals surface area contributed by atoms with E-state index in [1.165, 1.54) is 28.3 Å². The van der Waals surface area contributed by atoms with Gasteiger partial charge in [0.05, 0.1) is 0 Å². The average Bonchev–Trinajstić information content (AvgIpc) is 2.70. The van der Waals surface area contributed by atoms with E-state index in [1.807, 2.05) is 0 Å². The smallest absolute Gasteiger partial charge is 0.123 e. The van der Waals surface area contributed by atoms with Gasteiger partial charge in [0.1, 0.15) is 5.82 Å². The fraction of sp³-hybridized carbons (Fsp3) is 0.222. The van der Waals surface area contributed by atoms with E-state index in [4.69, 9.17) is 0 Å². The van der Waals surface area contributed by atoms with Crippen molar-refractivity contribution in [2.24, 2.45) is 5.92 Å². The van der Waals surface area contributed by atoms with E-state index in [0.29, 0.717) is 5.92 Å². The number of allylic oxidation sites excluding steroid dienone is 1. The van der Waals surface area contributed by atoms with Crippen molar-refractivity contribution in [3.8, 4) is 0 Å². The molecule has 1 aliphatic carbocycles. The van der Waals surface area contributed by atoms with Gasteiger partial charge in [-0.05, 0) is 66.1 Å². The van der Waals surface area contributed by atoms with Crippen molar-refractivity contribution in [1.29, 1.82) is 0 Å². The van der Waals surface area contributed by atoms with Crippen molar-refractivity contribution >= 4 is 21.5 Å². The zero-order valence-electron chi connectivity index (χ0n) is 11.4. The van der Waals surface area contributed by atoms with E-state index < -0.39 is 0 Å². The van der Waals surface area contributed by atoms with Crippen LogP contribution in [0.25, 0.3) is 5.57 Å². The molecular weight excluding hydrogens is 315 g/mol. The van der Waals surface area contributed by atoms with Crippen LogP contribution in [-0.2, 0) is 12.8 Å². The van der Waals surface area contributed by atoms with Crippen molar-refractivity contribution in [2.75, 3.05) is 0 Å². The average molecular weight is 331 g/mol. The van der Waals surface area contributed by atoms with Crippen LogP contribution in [0.1, 0.15) is 22.3 Å². The molecular formula is C18H16BrF. The maximum absolute atomic E-state index is 13.4. The second kappa shape index (κ2) is 5.17. The van der Waals surface area contributed by atoms with E-state index in [2.05, 4.69) is 47.6 Å². The molecule has 1 atom stereocenters. The molecule has 20 heavy (non-hydrogen) atoms. The van der Waals surface area contributed by atoms with E-state index >= 15 is 0 Å². The van der Waals surface area contributed by atoms with Gasteiger partial charge in [0.2, 0.25) is 0 Å². The summed E-state index contributed by atoms with van der Waals surface area (Å²) >= 11 is 3.51. The highest BCUT2D eigenvalue weighted by atomic mass is 79.9. The first-order valence-corrected chi connectivity index (χ1v) is 7.56. The van der Waals surface area contributed by atoms with Crippen LogP contribution in [0.2, 0.25) is 0 Å². The van der Waals surface area contributed by atoms with Crippen molar-refractivity contribution in [2.45, 2.75) is 19.8 Å². The zero-order valence-corrected chi connectivity index (χ0v) is 13.0. The minimum absolute atomic E-state index is 0.180. The lowest BCUT2D eigenvalue weighted by molar-refractivity contribution is 0.619. The van der Waals surface area contributed by atoms with Crippen LogP contribution in [0.3, 0.4) is 0 Å². The van der Waals surface area contributed by atoms with Crippen LogP contribution in [0.5, 0.6) is 0 Å². The standard InChI is InChI=1S/C18H16BrF/c1-11-3-5-17-12(2)13(8-14(17)7-11)9-15-10-16(20)4-6-18(15)19/h3-7,10,13H,2,8-9H2,1H3. The molecule has 0 aliphatic heterocycles. The molecule has 0 radical (unpaired) electrons. The molecule has 0 fully saturated rings. The monoisotopic (exact) mass is 330 g/mol. The number of hydrogen-bond acceptors (Lipinski definition) is 0. The quantitative estimate of drug-likeness (QED) is 0.698. The lowest BCUT2D eigenvalue weighted by atomic mass is 9.93. The fourth-order valence-corrected chi connectivity index (χ4v) is 3.38. The number of fused-ring (bicyclic) bond motifs is 1. The van der Waals surface area contributed by atoms with Gasteiger partial charge in [-0.2, -0.15) is 0 Å². The Morgan fingerprint density at radius 1 is 1.25 bits per heavy atom. The molecule has 0 N–H and O–H groups in total. The lowest BCUT2D eigenvalue weighted by Gasteiger charge is -2.13. The Hall–Kier alpha value is -1.41. The molecule has 1 unspecified atom stereocenters. The predicted molar refractivity (Wildman–Crippen MR) is 85.2 cm³/mol. The molecule has 0 saturated carbocycles. The second-order valence-electron chi connectivity index (χ2n) is 5.53. The third-order valence-corrected chi connectivity index (χ3v) is 4.81. The van der Waals surface area contributed by atoms with Crippen molar-refractivity contribution < 1.29 is 4.39 Å². The van der Waals surface area contributed by atoms with Crippen LogP contribution in [0, 0.1) is 18.7 Å². The zero-order chi connectivity index (χ0) is 14.3. The Morgan fingerprint density at radius 2 is 2.05 bits per heavy atom. The normalized spacial score (nSPS) is 17.4. The van der Waals surface area contributed by atoms with E-state index in [9.17, 15) is 4.39 Å². The molecule has 0 heterocycles. The van der Waals surface area contributed by atoms with E-state index in [-0.39, 0.29) is 5.82 Å². The Labute approximate surface area is 127 Å². The number of benzene rings is 2. The third kappa shape index (κ3) is 2.45. The number of hydrogen-bond donors (Lipinski definition) is 0. The van der Waals surface area contributed by atoms with Crippen molar-refractivity contribution in [3.63, 3.8) is 0 Å². The maximum atomic E-state index is 13.4. The van der Waals surface area contributed by atoms with E-state index in [0.717, 1.165) is 22.9 Å². The first-order chi connectivity index (χ1) is 9.54. The number of halogens is 2. The second-order valence-corrected chi connectivity index (χ2v) is 6.38. The van der Waals surface area contributed by atoms with Crippen LogP contribution in [0.15, 0.2) is 47.4 Å². The number of rotatable bonds is 2. The highest BCUT2D eigenvalue weighted by Gasteiger charge is 2.26. The molecule has 0 nitrogen and oxygen atoms in total. The summed E-state index contributed by atoms with van der Waals surface area (Å²) in [4.78, 5) is 0. The molecule has 0 spiro atoms. The van der Waals surface area contributed by atoms with Crippen molar-refractivity contribution in [3.05, 3.63) is 75.5 Å². The van der Waals surface area contributed by atoms with Gasteiger partial charge in [-0.3, -0.25) is 0 Å². The summed E-state index contributed by atoms with van der Waals surface area (Å²) in [6, 6.07) is 11.4. The molecule has 2 aromatic carbocycles. The van der Waals surface area contributed by atoms with Gasteiger partial charge >= 0.3 is 0 Å². The van der Waals surface area contributed by atoms with Crippen molar-refractivity contribution in [1.82, 2.24) is 0 Å². The number of aryl methyl sites for hydroxylation is 1. The highest BCUT2D eigenvalue weighted by molar-refractivity contribution is 9.10. The molecule has 0 amide bonds. The summed E-state index contributed by atoms with van der Waals surface area (Å²) in [6.07, 6.45) is 1.82. The fourth-order valence-electron chi connectivity index (χ4n) is 2.97. The third-order valence-electron chi connectivity index (χ3n) is 4.04. The molecule has 1 aliphatic rings. The summed E-state index contributed by atoms with van der Waals surface area (Å²) < 4.78 is 14.4. The summed E-state index contributed by atoms with van der Waals surface area (Å²) in [5.74, 6) is 0.185. The molecule has 102 valence electrons. The van der Waals surface area contributed by atoms with Crippen LogP contribution in [0.4, 0.5) is 4.39 Å². The molecule has 0 bridgehead atoms.